The summed E-state index contributed by atoms with van der Waals surface area (Å²) in [7, 11) is 0. The molecule has 1 saturated carbocycles. The Hall–Kier alpha value is -3.01. The zero-order valence-corrected chi connectivity index (χ0v) is 13.1. The number of nitriles is 1. The molecule has 122 valence electrons. The van der Waals surface area contributed by atoms with Crippen molar-refractivity contribution in [3.63, 3.8) is 0 Å². The summed E-state index contributed by atoms with van der Waals surface area (Å²) < 4.78 is 5.79. The molecule has 0 radical (unpaired) electrons. The molecule has 7 heteroatoms. The van der Waals surface area contributed by atoms with E-state index in [9.17, 15) is 4.79 Å². The molecule has 1 N–H and O–H groups in total. The first kappa shape index (κ1) is 15.9. The molecule has 0 spiro atoms. The monoisotopic (exact) mass is 323 g/mol. The molecule has 24 heavy (non-hydrogen) atoms. The van der Waals surface area contributed by atoms with Crippen LogP contribution in [0.1, 0.15) is 41.9 Å². The molecule has 0 aromatic carbocycles. The smallest absolute Gasteiger partial charge is 0.270 e. The number of hydrogen-bond donors (Lipinski definition) is 1. The van der Waals surface area contributed by atoms with E-state index in [0.717, 1.165) is 25.7 Å². The van der Waals surface area contributed by atoms with Crippen LogP contribution in [0.2, 0.25) is 0 Å². The first-order valence-electron chi connectivity index (χ1n) is 7.86. The lowest BCUT2D eigenvalue weighted by Gasteiger charge is -2.29. The minimum atomic E-state index is -0.152. The standard InChI is InChI=1S/C17H17N5O2/c18-11-15-17(21-10-9-20-15)24-13-6-4-12(5-7-13)22-16(23)14-3-1-2-8-19-14/h1-3,8-10,12-13H,4-7H2,(H,22,23). The van der Waals surface area contributed by atoms with Gasteiger partial charge in [-0.1, -0.05) is 6.07 Å². The molecule has 7 nitrogen and oxygen atoms in total. The van der Waals surface area contributed by atoms with Crippen LogP contribution in [-0.4, -0.2) is 33.0 Å². The Morgan fingerprint density at radius 1 is 1.12 bits per heavy atom. The van der Waals surface area contributed by atoms with Crippen molar-refractivity contribution in [2.75, 3.05) is 0 Å². The minimum absolute atomic E-state index is 0.0168. The highest BCUT2D eigenvalue weighted by molar-refractivity contribution is 5.92. The molecule has 3 rings (SSSR count). The lowest BCUT2D eigenvalue weighted by atomic mass is 9.93. The third kappa shape index (κ3) is 3.84. The van der Waals surface area contributed by atoms with Crippen molar-refractivity contribution in [3.05, 3.63) is 48.2 Å². The van der Waals surface area contributed by atoms with E-state index >= 15 is 0 Å². The summed E-state index contributed by atoms with van der Waals surface area (Å²) in [6.07, 6.45) is 7.76. The molecule has 0 aliphatic heterocycles. The van der Waals surface area contributed by atoms with Crippen molar-refractivity contribution in [1.82, 2.24) is 20.3 Å². The number of carbonyl (C=O) groups excluding carboxylic acids is 1. The van der Waals surface area contributed by atoms with Gasteiger partial charge in [-0.15, -0.1) is 0 Å². The Balaban J connectivity index is 1.51. The maximum Gasteiger partial charge on any atom is 0.270 e. The van der Waals surface area contributed by atoms with Crippen LogP contribution >= 0.6 is 0 Å². The van der Waals surface area contributed by atoms with Gasteiger partial charge in [-0.05, 0) is 37.8 Å². The Kier molecular flexibility index (Phi) is 4.96. The number of amides is 1. The van der Waals surface area contributed by atoms with Crippen molar-refractivity contribution in [1.29, 1.82) is 5.26 Å². The summed E-state index contributed by atoms with van der Waals surface area (Å²) in [6, 6.07) is 7.35. The Morgan fingerprint density at radius 2 is 1.92 bits per heavy atom. The molecule has 1 amide bonds. The zero-order valence-electron chi connectivity index (χ0n) is 13.1. The first-order valence-corrected chi connectivity index (χ1v) is 7.86. The van der Waals surface area contributed by atoms with E-state index in [1.165, 1.54) is 12.4 Å². The maximum atomic E-state index is 12.1. The van der Waals surface area contributed by atoms with E-state index in [1.807, 2.05) is 6.07 Å². The fourth-order valence-electron chi connectivity index (χ4n) is 2.73. The average molecular weight is 323 g/mol. The Bertz CT molecular complexity index is 736. The molecule has 1 fully saturated rings. The fourth-order valence-corrected chi connectivity index (χ4v) is 2.73. The first-order chi connectivity index (χ1) is 11.8. The highest BCUT2D eigenvalue weighted by atomic mass is 16.5. The van der Waals surface area contributed by atoms with Crippen LogP contribution in [0.25, 0.3) is 0 Å². The molecule has 1 aliphatic rings. The van der Waals surface area contributed by atoms with Crippen LogP contribution in [0.15, 0.2) is 36.8 Å². The molecular weight excluding hydrogens is 306 g/mol. The van der Waals surface area contributed by atoms with E-state index in [4.69, 9.17) is 10.00 Å². The molecule has 2 heterocycles. The van der Waals surface area contributed by atoms with Gasteiger partial charge in [0.25, 0.3) is 11.8 Å². The second kappa shape index (κ2) is 7.51. The number of carbonyl (C=O) groups is 1. The average Bonchev–Trinajstić information content (AvgIpc) is 2.64. The molecule has 2 aromatic rings. The second-order valence-corrected chi connectivity index (χ2v) is 5.60. The summed E-state index contributed by atoms with van der Waals surface area (Å²) in [4.78, 5) is 24.2. The summed E-state index contributed by atoms with van der Waals surface area (Å²) in [5.41, 5.74) is 0.622. The topological polar surface area (TPSA) is 101 Å². The van der Waals surface area contributed by atoms with Crippen molar-refractivity contribution >= 4 is 5.91 Å². The summed E-state index contributed by atoms with van der Waals surface area (Å²) in [6.45, 7) is 0. The third-order valence-electron chi connectivity index (χ3n) is 3.96. The number of hydrogen-bond acceptors (Lipinski definition) is 6. The van der Waals surface area contributed by atoms with Crippen LogP contribution in [0.4, 0.5) is 0 Å². The van der Waals surface area contributed by atoms with Gasteiger partial charge < -0.3 is 10.1 Å². The molecule has 0 atom stereocenters. The molecular formula is C17H17N5O2. The van der Waals surface area contributed by atoms with E-state index < -0.39 is 0 Å². The van der Waals surface area contributed by atoms with E-state index in [-0.39, 0.29) is 29.6 Å². The summed E-state index contributed by atoms with van der Waals surface area (Å²) >= 11 is 0. The number of nitrogens with zero attached hydrogens (tertiary/aromatic N) is 4. The SMILES string of the molecule is N#Cc1nccnc1OC1CCC(NC(=O)c2ccccn2)CC1. The van der Waals surface area contributed by atoms with E-state index in [0.29, 0.717) is 5.69 Å². The molecule has 0 unspecified atom stereocenters. The highest BCUT2D eigenvalue weighted by Gasteiger charge is 2.25. The number of ether oxygens (including phenoxy) is 1. The van der Waals surface area contributed by atoms with Gasteiger partial charge in [0.2, 0.25) is 5.69 Å². The Morgan fingerprint density at radius 3 is 2.62 bits per heavy atom. The van der Waals surface area contributed by atoms with Gasteiger partial charge in [-0.2, -0.15) is 5.26 Å². The van der Waals surface area contributed by atoms with Gasteiger partial charge in [0, 0.05) is 24.6 Å². The van der Waals surface area contributed by atoms with Gasteiger partial charge in [-0.3, -0.25) is 9.78 Å². The lowest BCUT2D eigenvalue weighted by molar-refractivity contribution is 0.0884. The van der Waals surface area contributed by atoms with E-state index in [1.54, 1.807) is 24.4 Å². The summed E-state index contributed by atoms with van der Waals surface area (Å²) in [5, 5.41) is 12.0. The largest absolute Gasteiger partial charge is 0.472 e. The third-order valence-corrected chi connectivity index (χ3v) is 3.96. The zero-order chi connectivity index (χ0) is 16.8. The number of rotatable bonds is 4. The number of aromatic nitrogens is 3. The predicted octanol–water partition coefficient (Wildman–Crippen LogP) is 1.86. The summed E-state index contributed by atoms with van der Waals surface area (Å²) in [5.74, 6) is 0.127. The van der Waals surface area contributed by atoms with Gasteiger partial charge in [0.1, 0.15) is 17.9 Å². The second-order valence-electron chi connectivity index (χ2n) is 5.60. The van der Waals surface area contributed by atoms with Crippen LogP contribution in [0.5, 0.6) is 5.88 Å². The normalized spacial score (nSPS) is 20.0. The van der Waals surface area contributed by atoms with Gasteiger partial charge in [0.15, 0.2) is 0 Å². The molecule has 2 aromatic heterocycles. The number of nitrogens with one attached hydrogen (secondary N) is 1. The molecule has 0 saturated heterocycles. The van der Waals surface area contributed by atoms with Crippen molar-refractivity contribution in [3.8, 4) is 11.9 Å². The van der Waals surface area contributed by atoms with Crippen molar-refractivity contribution in [2.45, 2.75) is 37.8 Å². The van der Waals surface area contributed by atoms with Crippen LogP contribution in [-0.2, 0) is 0 Å². The number of pyridine rings is 1. The molecule has 0 bridgehead atoms. The maximum absolute atomic E-state index is 12.1. The van der Waals surface area contributed by atoms with Gasteiger partial charge >= 0.3 is 0 Å². The van der Waals surface area contributed by atoms with Gasteiger partial charge in [-0.25, -0.2) is 9.97 Å². The van der Waals surface area contributed by atoms with Gasteiger partial charge in [0.05, 0.1) is 0 Å². The van der Waals surface area contributed by atoms with Crippen LogP contribution < -0.4 is 10.1 Å². The van der Waals surface area contributed by atoms with Crippen molar-refractivity contribution < 1.29 is 9.53 Å². The molecule has 1 aliphatic carbocycles. The van der Waals surface area contributed by atoms with Crippen LogP contribution in [0.3, 0.4) is 0 Å². The lowest BCUT2D eigenvalue weighted by Crippen LogP contribution is -2.40. The quantitative estimate of drug-likeness (QED) is 0.921. The fraction of sp³-hybridized carbons (Fsp3) is 0.353. The van der Waals surface area contributed by atoms with Crippen molar-refractivity contribution in [2.24, 2.45) is 0 Å². The minimum Gasteiger partial charge on any atom is -0.472 e. The van der Waals surface area contributed by atoms with Crippen LogP contribution in [0, 0.1) is 11.3 Å². The predicted molar refractivity (Wildman–Crippen MR) is 85.1 cm³/mol. The Labute approximate surface area is 139 Å². The highest BCUT2D eigenvalue weighted by Crippen LogP contribution is 2.24. The van der Waals surface area contributed by atoms with E-state index in [2.05, 4.69) is 20.3 Å².